The normalized spacial score (nSPS) is 11.2. The van der Waals surface area contributed by atoms with Crippen molar-refractivity contribution in [3.05, 3.63) is 61.7 Å². The molecule has 0 aliphatic heterocycles. The number of rotatable bonds is 4. The number of thiophene rings is 1. The maximum Gasteiger partial charge on any atom is 0.266 e. The Morgan fingerprint density at radius 3 is 2.64 bits per heavy atom. The second-order valence-corrected chi connectivity index (χ2v) is 7.26. The number of hydrogen-bond donors (Lipinski definition) is 1. The number of nitriles is 1. The standard InChI is InChI=1S/C17H9Cl2N3OS2/c18-13-2-1-3-14(19)15(13)22-16(23)11(7-20)6-12-9-25-17(21-12)10-4-5-24-8-10/h1-6,8-9H,(H,22,23)/b11-6-. The Hall–Kier alpha value is -2.17. The molecule has 0 saturated heterocycles. The second kappa shape index (κ2) is 7.81. The third kappa shape index (κ3) is 4.09. The Labute approximate surface area is 162 Å². The van der Waals surface area contributed by atoms with E-state index in [1.165, 1.54) is 17.4 Å². The fourth-order valence-electron chi connectivity index (χ4n) is 1.97. The van der Waals surface area contributed by atoms with Crippen molar-refractivity contribution in [3.8, 4) is 16.6 Å². The molecular formula is C17H9Cl2N3OS2. The van der Waals surface area contributed by atoms with Crippen molar-refractivity contribution in [2.45, 2.75) is 0 Å². The quantitative estimate of drug-likeness (QED) is 0.445. The lowest BCUT2D eigenvalue weighted by Crippen LogP contribution is -2.14. The summed E-state index contributed by atoms with van der Waals surface area (Å²) in [4.78, 5) is 16.8. The Morgan fingerprint density at radius 2 is 2.00 bits per heavy atom. The van der Waals surface area contributed by atoms with Crippen LogP contribution in [0.5, 0.6) is 0 Å². The van der Waals surface area contributed by atoms with Gasteiger partial charge in [-0.05, 0) is 29.7 Å². The van der Waals surface area contributed by atoms with Crippen LogP contribution in [0.1, 0.15) is 5.69 Å². The fourth-order valence-corrected chi connectivity index (χ4v) is 3.95. The molecular weight excluding hydrogens is 397 g/mol. The van der Waals surface area contributed by atoms with Crippen LogP contribution in [0, 0.1) is 11.3 Å². The fraction of sp³-hybridized carbons (Fsp3) is 0. The highest BCUT2D eigenvalue weighted by molar-refractivity contribution is 7.14. The number of aromatic nitrogens is 1. The van der Waals surface area contributed by atoms with E-state index in [1.807, 2.05) is 22.9 Å². The number of anilines is 1. The first-order valence-corrected chi connectivity index (χ1v) is 9.51. The zero-order chi connectivity index (χ0) is 17.8. The molecule has 25 heavy (non-hydrogen) atoms. The average Bonchev–Trinajstić information content (AvgIpc) is 3.27. The number of nitrogens with one attached hydrogen (secondary N) is 1. The van der Waals surface area contributed by atoms with Gasteiger partial charge >= 0.3 is 0 Å². The summed E-state index contributed by atoms with van der Waals surface area (Å²) in [6.45, 7) is 0. The first kappa shape index (κ1) is 17.6. The van der Waals surface area contributed by atoms with Crippen LogP contribution >= 0.6 is 45.9 Å². The van der Waals surface area contributed by atoms with Crippen LogP contribution in [0.4, 0.5) is 5.69 Å². The van der Waals surface area contributed by atoms with Crippen molar-refractivity contribution < 1.29 is 4.79 Å². The van der Waals surface area contributed by atoms with E-state index >= 15 is 0 Å². The molecule has 0 fully saturated rings. The predicted octanol–water partition coefficient (Wildman–Crippen LogP) is 5.72. The first-order chi connectivity index (χ1) is 12.1. The van der Waals surface area contributed by atoms with Crippen LogP contribution in [-0.2, 0) is 4.79 Å². The molecule has 0 bridgehead atoms. The molecule has 4 nitrogen and oxygen atoms in total. The number of hydrogen-bond acceptors (Lipinski definition) is 5. The van der Waals surface area contributed by atoms with Crippen LogP contribution < -0.4 is 5.32 Å². The number of halogens is 2. The minimum atomic E-state index is -0.595. The number of benzene rings is 1. The summed E-state index contributed by atoms with van der Waals surface area (Å²) < 4.78 is 0. The van der Waals surface area contributed by atoms with Gasteiger partial charge < -0.3 is 5.32 Å². The van der Waals surface area contributed by atoms with Gasteiger partial charge in [-0.2, -0.15) is 16.6 Å². The Bertz CT molecular complexity index is 967. The zero-order valence-corrected chi connectivity index (χ0v) is 15.6. The summed E-state index contributed by atoms with van der Waals surface area (Å²) in [5.74, 6) is -0.595. The van der Waals surface area contributed by atoms with Crippen LogP contribution in [0.25, 0.3) is 16.6 Å². The van der Waals surface area contributed by atoms with Crippen molar-refractivity contribution >= 4 is 63.5 Å². The summed E-state index contributed by atoms with van der Waals surface area (Å²) >= 11 is 15.1. The van der Waals surface area contributed by atoms with Gasteiger partial charge in [-0.25, -0.2) is 4.98 Å². The van der Waals surface area contributed by atoms with E-state index in [0.717, 1.165) is 10.6 Å². The molecule has 0 spiro atoms. The van der Waals surface area contributed by atoms with Gasteiger partial charge in [0.2, 0.25) is 0 Å². The summed E-state index contributed by atoms with van der Waals surface area (Å²) in [5, 5.41) is 19.0. The zero-order valence-electron chi connectivity index (χ0n) is 12.5. The Balaban J connectivity index is 1.83. The van der Waals surface area contributed by atoms with Gasteiger partial charge in [-0.1, -0.05) is 29.3 Å². The number of carbonyl (C=O) groups excluding carboxylic acids is 1. The van der Waals surface area contributed by atoms with E-state index in [1.54, 1.807) is 34.9 Å². The van der Waals surface area contributed by atoms with E-state index < -0.39 is 5.91 Å². The van der Waals surface area contributed by atoms with Crippen LogP contribution in [0.2, 0.25) is 10.0 Å². The monoisotopic (exact) mass is 405 g/mol. The lowest BCUT2D eigenvalue weighted by molar-refractivity contribution is -0.112. The molecule has 0 aliphatic rings. The first-order valence-electron chi connectivity index (χ1n) is 6.93. The van der Waals surface area contributed by atoms with Crippen LogP contribution in [0.3, 0.4) is 0 Å². The minimum absolute atomic E-state index is 0.0850. The van der Waals surface area contributed by atoms with E-state index in [9.17, 15) is 10.1 Å². The number of para-hydroxylation sites is 1. The summed E-state index contributed by atoms with van der Waals surface area (Å²) in [7, 11) is 0. The largest absolute Gasteiger partial charge is 0.319 e. The third-order valence-electron chi connectivity index (χ3n) is 3.15. The van der Waals surface area contributed by atoms with Crippen LogP contribution in [-0.4, -0.2) is 10.9 Å². The van der Waals surface area contributed by atoms with Crippen molar-refractivity contribution in [3.63, 3.8) is 0 Å². The minimum Gasteiger partial charge on any atom is -0.319 e. The smallest absolute Gasteiger partial charge is 0.266 e. The topological polar surface area (TPSA) is 65.8 Å². The van der Waals surface area contributed by atoms with Gasteiger partial charge in [0, 0.05) is 16.3 Å². The third-order valence-corrected chi connectivity index (χ3v) is 5.37. The molecule has 1 N–H and O–H groups in total. The SMILES string of the molecule is N#C/C(=C/c1csc(-c2ccsc2)n1)C(=O)Nc1c(Cl)cccc1Cl. The molecule has 0 saturated carbocycles. The van der Waals surface area contributed by atoms with Crippen molar-refractivity contribution in [1.82, 2.24) is 4.98 Å². The molecule has 0 atom stereocenters. The van der Waals surface area contributed by atoms with Gasteiger partial charge in [-0.3, -0.25) is 4.79 Å². The lowest BCUT2D eigenvalue weighted by atomic mass is 10.2. The van der Waals surface area contributed by atoms with Gasteiger partial charge in [0.15, 0.2) is 0 Å². The van der Waals surface area contributed by atoms with Crippen molar-refractivity contribution in [1.29, 1.82) is 5.26 Å². The van der Waals surface area contributed by atoms with E-state index in [2.05, 4.69) is 10.3 Å². The Morgan fingerprint density at radius 1 is 1.24 bits per heavy atom. The highest BCUT2D eigenvalue weighted by atomic mass is 35.5. The molecule has 8 heteroatoms. The molecule has 1 amide bonds. The molecule has 3 rings (SSSR count). The molecule has 0 unspecified atom stereocenters. The highest BCUT2D eigenvalue weighted by Crippen LogP contribution is 2.30. The lowest BCUT2D eigenvalue weighted by Gasteiger charge is -2.08. The molecule has 2 heterocycles. The molecule has 124 valence electrons. The van der Waals surface area contributed by atoms with Crippen molar-refractivity contribution in [2.24, 2.45) is 0 Å². The van der Waals surface area contributed by atoms with Gasteiger partial charge in [0.1, 0.15) is 16.6 Å². The van der Waals surface area contributed by atoms with E-state index in [-0.39, 0.29) is 11.3 Å². The predicted molar refractivity (Wildman–Crippen MR) is 104 cm³/mol. The van der Waals surface area contributed by atoms with E-state index in [4.69, 9.17) is 23.2 Å². The van der Waals surface area contributed by atoms with Gasteiger partial charge in [0.05, 0.1) is 21.4 Å². The molecule has 2 aromatic heterocycles. The maximum absolute atomic E-state index is 12.3. The van der Waals surface area contributed by atoms with Crippen molar-refractivity contribution in [2.75, 3.05) is 5.32 Å². The summed E-state index contributed by atoms with van der Waals surface area (Å²) in [5.41, 5.74) is 1.75. The number of amides is 1. The average molecular weight is 406 g/mol. The number of nitrogens with zero attached hydrogens (tertiary/aromatic N) is 2. The second-order valence-electron chi connectivity index (χ2n) is 4.81. The van der Waals surface area contributed by atoms with Gasteiger partial charge in [-0.15, -0.1) is 11.3 Å². The molecule has 1 aromatic carbocycles. The highest BCUT2D eigenvalue weighted by Gasteiger charge is 2.14. The summed E-state index contributed by atoms with van der Waals surface area (Å²) in [6, 6.07) is 8.73. The number of carbonyl (C=O) groups is 1. The molecule has 0 radical (unpaired) electrons. The number of thiazole rings is 1. The maximum atomic E-state index is 12.3. The van der Waals surface area contributed by atoms with Gasteiger partial charge in [0.25, 0.3) is 5.91 Å². The molecule has 0 aliphatic carbocycles. The molecule has 3 aromatic rings. The van der Waals surface area contributed by atoms with E-state index in [0.29, 0.717) is 15.7 Å². The van der Waals surface area contributed by atoms with Crippen LogP contribution in [0.15, 0.2) is 46.0 Å². The Kier molecular flexibility index (Phi) is 5.51. The summed E-state index contributed by atoms with van der Waals surface area (Å²) in [6.07, 6.45) is 1.44.